The zero-order valence-corrected chi connectivity index (χ0v) is 11.3. The zero-order valence-electron chi connectivity index (χ0n) is 11.3. The third kappa shape index (κ3) is 4.71. The first-order valence-corrected chi connectivity index (χ1v) is 6.55. The molecule has 112 valence electrons. The van der Waals surface area contributed by atoms with Crippen molar-refractivity contribution in [1.82, 2.24) is 20.6 Å². The number of carbonyl (C=O) groups excluding carboxylic acids is 1. The first kappa shape index (κ1) is 14.7. The van der Waals surface area contributed by atoms with Crippen molar-refractivity contribution in [2.24, 2.45) is 11.0 Å². The first-order valence-electron chi connectivity index (χ1n) is 6.55. The Bertz CT molecular complexity index is 659. The molecule has 1 aliphatic rings. The summed E-state index contributed by atoms with van der Waals surface area (Å²) in [5.41, 5.74) is 0.965. The van der Waals surface area contributed by atoms with Gasteiger partial charge in [-0.1, -0.05) is 12.2 Å². The van der Waals surface area contributed by atoms with Crippen LogP contribution in [0, 0.1) is 5.92 Å². The second-order valence-electron chi connectivity index (χ2n) is 4.57. The van der Waals surface area contributed by atoms with Crippen LogP contribution < -0.4 is 22.0 Å². The van der Waals surface area contributed by atoms with Gasteiger partial charge >= 0.3 is 5.69 Å². The lowest BCUT2D eigenvalue weighted by atomic mass is 9.96. The van der Waals surface area contributed by atoms with E-state index in [2.05, 4.69) is 38.2 Å². The Balaban J connectivity index is 1.77. The van der Waals surface area contributed by atoms with Gasteiger partial charge in [-0.2, -0.15) is 5.10 Å². The summed E-state index contributed by atoms with van der Waals surface area (Å²) in [6.45, 7) is -0.177. The van der Waals surface area contributed by atoms with Crippen molar-refractivity contribution in [1.29, 1.82) is 0 Å². The smallest absolute Gasteiger partial charge is 0.342 e. The summed E-state index contributed by atoms with van der Waals surface area (Å²) >= 11 is 0. The number of allylic oxidation sites excluding steroid dienone is 2. The van der Waals surface area contributed by atoms with Gasteiger partial charge in [0, 0.05) is 6.21 Å². The van der Waals surface area contributed by atoms with E-state index in [1.54, 1.807) is 6.21 Å². The van der Waals surface area contributed by atoms with E-state index in [1.165, 1.54) is 0 Å². The molecule has 0 spiro atoms. The summed E-state index contributed by atoms with van der Waals surface area (Å²) in [5.74, 6) is -0.205. The highest BCUT2D eigenvalue weighted by Gasteiger charge is 2.07. The molecule has 0 saturated heterocycles. The van der Waals surface area contributed by atoms with E-state index >= 15 is 0 Å². The molecule has 1 aromatic rings. The molecule has 1 atom stereocenters. The van der Waals surface area contributed by atoms with Gasteiger partial charge < -0.3 is 5.32 Å². The Hall–Kier alpha value is -2.71. The SMILES string of the molecule is O=C(CNc1n[nH]c(=O)[nH]c1=O)N/N=C\[C@H]1CC=CCC1. The molecule has 4 N–H and O–H groups in total. The number of amides is 1. The maximum absolute atomic E-state index is 11.5. The van der Waals surface area contributed by atoms with Gasteiger partial charge in [-0.25, -0.2) is 15.3 Å². The predicted octanol–water partition coefficient (Wildman–Crippen LogP) is -0.672. The summed E-state index contributed by atoms with van der Waals surface area (Å²) in [6, 6.07) is 0. The quantitative estimate of drug-likeness (QED) is 0.324. The number of hydrogen-bond acceptors (Lipinski definition) is 6. The van der Waals surface area contributed by atoms with Crippen LogP contribution in [0.15, 0.2) is 26.8 Å². The Morgan fingerprint density at radius 2 is 2.33 bits per heavy atom. The topological polar surface area (TPSA) is 132 Å². The highest BCUT2D eigenvalue weighted by molar-refractivity contribution is 5.80. The molecule has 9 heteroatoms. The number of rotatable bonds is 5. The van der Waals surface area contributed by atoms with Gasteiger partial charge in [-0.3, -0.25) is 14.6 Å². The molecular formula is C12H16N6O3. The Morgan fingerprint density at radius 3 is 3.05 bits per heavy atom. The molecule has 2 rings (SSSR count). The van der Waals surface area contributed by atoms with Crippen LogP contribution in [0.3, 0.4) is 0 Å². The highest BCUT2D eigenvalue weighted by atomic mass is 16.2. The number of anilines is 1. The summed E-state index contributed by atoms with van der Waals surface area (Å²) in [6.07, 6.45) is 8.90. The molecule has 9 nitrogen and oxygen atoms in total. The fourth-order valence-corrected chi connectivity index (χ4v) is 1.84. The van der Waals surface area contributed by atoms with Crippen LogP contribution in [0.4, 0.5) is 5.82 Å². The molecule has 0 radical (unpaired) electrons. The van der Waals surface area contributed by atoms with E-state index in [0.717, 1.165) is 19.3 Å². The van der Waals surface area contributed by atoms with Gasteiger partial charge in [0.05, 0.1) is 6.54 Å². The average Bonchev–Trinajstić information content (AvgIpc) is 2.47. The highest BCUT2D eigenvalue weighted by Crippen LogP contribution is 2.15. The van der Waals surface area contributed by atoms with Gasteiger partial charge in [0.1, 0.15) is 0 Å². The number of aromatic nitrogens is 3. The number of aromatic amines is 2. The first-order chi connectivity index (χ1) is 10.1. The third-order valence-corrected chi connectivity index (χ3v) is 2.91. The zero-order chi connectivity index (χ0) is 15.1. The minimum atomic E-state index is -0.707. The molecule has 0 unspecified atom stereocenters. The largest absolute Gasteiger partial charge is 0.355 e. The molecule has 1 aromatic heterocycles. The predicted molar refractivity (Wildman–Crippen MR) is 77.1 cm³/mol. The van der Waals surface area contributed by atoms with E-state index in [4.69, 9.17) is 0 Å². The average molecular weight is 292 g/mol. The molecule has 1 amide bonds. The van der Waals surface area contributed by atoms with Crippen molar-refractivity contribution in [3.63, 3.8) is 0 Å². The van der Waals surface area contributed by atoms with Gasteiger partial charge in [0.15, 0.2) is 0 Å². The van der Waals surface area contributed by atoms with Crippen molar-refractivity contribution in [2.45, 2.75) is 19.3 Å². The summed E-state index contributed by atoms with van der Waals surface area (Å²) in [7, 11) is 0. The number of carbonyl (C=O) groups is 1. The number of hydrogen-bond donors (Lipinski definition) is 4. The second-order valence-corrected chi connectivity index (χ2v) is 4.57. The monoisotopic (exact) mass is 292 g/mol. The standard InChI is InChI=1S/C12H16N6O3/c19-9(16-14-6-8-4-2-1-3-5-8)7-13-10-11(20)15-12(21)18-17-10/h1-2,6,8H,3-5,7H2,(H,13,17)(H,16,19)(H2,15,18,20,21)/b14-6-/t8-/m0/s1. The van der Waals surface area contributed by atoms with E-state index in [9.17, 15) is 14.4 Å². The normalized spacial score (nSPS) is 17.8. The van der Waals surface area contributed by atoms with Gasteiger partial charge in [-0.05, 0) is 25.2 Å². The van der Waals surface area contributed by atoms with E-state index in [1.807, 2.05) is 4.98 Å². The fourth-order valence-electron chi connectivity index (χ4n) is 1.84. The molecule has 1 aliphatic carbocycles. The van der Waals surface area contributed by atoms with Crippen molar-refractivity contribution < 1.29 is 4.79 Å². The van der Waals surface area contributed by atoms with Gasteiger partial charge in [0.25, 0.3) is 11.5 Å². The number of hydrazone groups is 1. The number of nitrogens with one attached hydrogen (secondary N) is 4. The van der Waals surface area contributed by atoms with Crippen LogP contribution in [0.1, 0.15) is 19.3 Å². The summed E-state index contributed by atoms with van der Waals surface area (Å²) in [4.78, 5) is 35.6. The minimum absolute atomic E-state index is 0.133. The number of nitrogens with zero attached hydrogens (tertiary/aromatic N) is 2. The van der Waals surface area contributed by atoms with E-state index in [-0.39, 0.29) is 12.4 Å². The molecule has 0 saturated carbocycles. The molecule has 0 aromatic carbocycles. The molecule has 0 aliphatic heterocycles. The van der Waals surface area contributed by atoms with Crippen molar-refractivity contribution >= 4 is 17.9 Å². The van der Waals surface area contributed by atoms with Crippen LogP contribution in [0.2, 0.25) is 0 Å². The second kappa shape index (κ2) is 7.17. The van der Waals surface area contributed by atoms with Crippen LogP contribution >= 0.6 is 0 Å². The minimum Gasteiger partial charge on any atom is -0.355 e. The van der Waals surface area contributed by atoms with E-state index < -0.39 is 17.2 Å². The number of H-pyrrole nitrogens is 2. The lowest BCUT2D eigenvalue weighted by Crippen LogP contribution is -2.31. The molecule has 0 fully saturated rings. The Kier molecular flexibility index (Phi) is 5.02. The maximum atomic E-state index is 11.5. The summed E-state index contributed by atoms with van der Waals surface area (Å²) < 4.78 is 0. The molecule has 0 bridgehead atoms. The van der Waals surface area contributed by atoms with Crippen LogP contribution in [-0.4, -0.2) is 33.8 Å². The van der Waals surface area contributed by atoms with Gasteiger partial charge in [-0.15, -0.1) is 5.10 Å². The van der Waals surface area contributed by atoms with Crippen LogP contribution in [-0.2, 0) is 4.79 Å². The van der Waals surface area contributed by atoms with Crippen molar-refractivity contribution in [3.05, 3.63) is 33.0 Å². The lowest BCUT2D eigenvalue weighted by molar-refractivity contribution is -0.119. The Morgan fingerprint density at radius 1 is 1.48 bits per heavy atom. The van der Waals surface area contributed by atoms with Crippen LogP contribution in [0.5, 0.6) is 0 Å². The third-order valence-electron chi connectivity index (χ3n) is 2.91. The van der Waals surface area contributed by atoms with Crippen molar-refractivity contribution in [2.75, 3.05) is 11.9 Å². The van der Waals surface area contributed by atoms with Gasteiger partial charge in [0.2, 0.25) is 5.82 Å². The molecule has 1 heterocycles. The Labute approximate surface area is 119 Å². The van der Waals surface area contributed by atoms with Crippen LogP contribution in [0.25, 0.3) is 0 Å². The maximum Gasteiger partial charge on any atom is 0.342 e. The fraction of sp³-hybridized carbons (Fsp3) is 0.417. The van der Waals surface area contributed by atoms with Crippen molar-refractivity contribution in [3.8, 4) is 0 Å². The lowest BCUT2D eigenvalue weighted by Gasteiger charge is -2.11. The molecule has 21 heavy (non-hydrogen) atoms. The molecular weight excluding hydrogens is 276 g/mol. The summed E-state index contributed by atoms with van der Waals surface area (Å²) in [5, 5.41) is 11.9. The van der Waals surface area contributed by atoms with E-state index in [0.29, 0.717) is 5.92 Å².